The van der Waals surface area contributed by atoms with Gasteiger partial charge in [-0.3, -0.25) is 0 Å². The minimum absolute atomic E-state index is 0.00706. The first-order valence-corrected chi connectivity index (χ1v) is 6.46. The molecule has 0 bridgehead atoms. The van der Waals surface area contributed by atoms with E-state index in [4.69, 9.17) is 0 Å². The summed E-state index contributed by atoms with van der Waals surface area (Å²) in [6.45, 7) is 7.77. The summed E-state index contributed by atoms with van der Waals surface area (Å²) in [7, 11) is 1.64. The molecule has 2 rings (SSSR count). The second-order valence-corrected chi connectivity index (χ2v) is 5.84. The molecule has 1 aromatic heterocycles. The van der Waals surface area contributed by atoms with Crippen molar-refractivity contribution in [2.24, 2.45) is 0 Å². The number of aromatic nitrogens is 2. The molecule has 6 nitrogen and oxygen atoms in total. The smallest absolute Gasteiger partial charge is 0.317 e. The highest BCUT2D eigenvalue weighted by molar-refractivity contribution is 5.75. The molecule has 0 atom stereocenters. The van der Waals surface area contributed by atoms with E-state index in [1.807, 2.05) is 6.07 Å². The first kappa shape index (κ1) is 13.6. The third-order valence-electron chi connectivity index (χ3n) is 3.17. The summed E-state index contributed by atoms with van der Waals surface area (Å²) >= 11 is 0. The van der Waals surface area contributed by atoms with E-state index in [2.05, 4.69) is 41.4 Å². The minimum atomic E-state index is -0.0314. The monoisotopic (exact) mass is 263 g/mol. The van der Waals surface area contributed by atoms with Crippen molar-refractivity contribution in [1.29, 1.82) is 0 Å². The fourth-order valence-electron chi connectivity index (χ4n) is 1.95. The van der Waals surface area contributed by atoms with Gasteiger partial charge in [-0.2, -0.15) is 0 Å². The molecule has 104 valence electrons. The molecule has 2 N–H and O–H groups in total. The number of anilines is 1. The van der Waals surface area contributed by atoms with E-state index in [0.717, 1.165) is 11.5 Å². The zero-order chi connectivity index (χ0) is 14.0. The minimum Gasteiger partial charge on any atom is -0.364 e. The lowest BCUT2D eigenvalue weighted by molar-refractivity contribution is 0.160. The van der Waals surface area contributed by atoms with Crippen molar-refractivity contribution < 1.29 is 4.79 Å². The summed E-state index contributed by atoms with van der Waals surface area (Å²) in [5.74, 6) is 0.821. The predicted molar refractivity (Wildman–Crippen MR) is 74.2 cm³/mol. The number of hydrogen-bond acceptors (Lipinski definition) is 4. The van der Waals surface area contributed by atoms with Gasteiger partial charge in [0.2, 0.25) is 0 Å². The summed E-state index contributed by atoms with van der Waals surface area (Å²) in [6, 6.07) is 2.21. The van der Waals surface area contributed by atoms with Crippen LogP contribution in [0.4, 0.5) is 10.6 Å². The number of amides is 2. The molecule has 0 aliphatic carbocycles. The van der Waals surface area contributed by atoms with Gasteiger partial charge in [-0.05, 0) is 0 Å². The summed E-state index contributed by atoms with van der Waals surface area (Å²) in [5, 5.41) is 5.94. The van der Waals surface area contributed by atoms with E-state index in [0.29, 0.717) is 13.1 Å². The fraction of sp³-hybridized carbons (Fsp3) is 0.615. The maximum absolute atomic E-state index is 11.3. The summed E-state index contributed by atoms with van der Waals surface area (Å²) < 4.78 is 0. The highest BCUT2D eigenvalue weighted by Crippen LogP contribution is 2.22. The van der Waals surface area contributed by atoms with Crippen LogP contribution in [0.5, 0.6) is 0 Å². The number of carbonyl (C=O) groups excluding carboxylic acids is 1. The van der Waals surface area contributed by atoms with E-state index < -0.39 is 0 Å². The van der Waals surface area contributed by atoms with Gasteiger partial charge in [0.1, 0.15) is 12.1 Å². The molecule has 6 heteroatoms. The normalized spacial score (nSPS) is 15.9. The zero-order valence-electron chi connectivity index (χ0n) is 11.9. The Bertz CT molecular complexity index is 462. The Kier molecular flexibility index (Phi) is 3.59. The van der Waals surface area contributed by atoms with Crippen molar-refractivity contribution >= 4 is 11.8 Å². The number of nitrogens with one attached hydrogen (secondary N) is 2. The van der Waals surface area contributed by atoms with Gasteiger partial charge in [0, 0.05) is 31.6 Å². The third kappa shape index (κ3) is 3.13. The molecule has 0 aromatic carbocycles. The zero-order valence-corrected chi connectivity index (χ0v) is 11.9. The average Bonchev–Trinajstić information content (AvgIpc) is 2.31. The standard InChI is InChI=1S/C13H21N5O/c1-13(2,3)10-5-11(16-8-15-10)17-9-6-18(7-9)12(19)14-4/h5,8-9H,6-7H2,1-4H3,(H,14,19)(H,15,16,17). The Morgan fingerprint density at radius 3 is 2.63 bits per heavy atom. The van der Waals surface area contributed by atoms with Gasteiger partial charge in [0.25, 0.3) is 0 Å². The van der Waals surface area contributed by atoms with E-state index in [-0.39, 0.29) is 17.5 Å². The van der Waals surface area contributed by atoms with Crippen molar-refractivity contribution in [1.82, 2.24) is 20.2 Å². The second-order valence-electron chi connectivity index (χ2n) is 5.84. The Hall–Kier alpha value is -1.85. The van der Waals surface area contributed by atoms with E-state index in [1.165, 1.54) is 0 Å². The Morgan fingerprint density at radius 2 is 2.05 bits per heavy atom. The number of urea groups is 1. The largest absolute Gasteiger partial charge is 0.364 e. The first-order chi connectivity index (χ1) is 8.90. The molecule has 1 aliphatic heterocycles. The maximum Gasteiger partial charge on any atom is 0.317 e. The van der Waals surface area contributed by atoms with Gasteiger partial charge >= 0.3 is 6.03 Å². The number of hydrogen-bond donors (Lipinski definition) is 2. The quantitative estimate of drug-likeness (QED) is 0.841. The second kappa shape index (κ2) is 5.03. The van der Waals surface area contributed by atoms with Crippen molar-refractivity contribution in [2.75, 3.05) is 25.5 Å². The van der Waals surface area contributed by atoms with Crippen LogP contribution >= 0.6 is 0 Å². The van der Waals surface area contributed by atoms with Gasteiger partial charge in [-0.1, -0.05) is 20.8 Å². The van der Waals surface area contributed by atoms with E-state index in [9.17, 15) is 4.79 Å². The first-order valence-electron chi connectivity index (χ1n) is 6.46. The fourth-order valence-corrected chi connectivity index (χ4v) is 1.95. The third-order valence-corrected chi connectivity index (χ3v) is 3.17. The molecule has 0 saturated carbocycles. The van der Waals surface area contributed by atoms with Gasteiger partial charge in [0.05, 0.1) is 11.7 Å². The van der Waals surface area contributed by atoms with Crippen LogP contribution in [0.25, 0.3) is 0 Å². The molecule has 0 radical (unpaired) electrons. The number of carbonyl (C=O) groups is 1. The Morgan fingerprint density at radius 1 is 1.37 bits per heavy atom. The van der Waals surface area contributed by atoms with Crippen LogP contribution < -0.4 is 10.6 Å². The molecular formula is C13H21N5O. The maximum atomic E-state index is 11.3. The van der Waals surface area contributed by atoms with Crippen LogP contribution in [-0.2, 0) is 5.41 Å². The van der Waals surface area contributed by atoms with Crippen LogP contribution in [-0.4, -0.2) is 47.1 Å². The highest BCUT2D eigenvalue weighted by Gasteiger charge is 2.30. The molecule has 0 spiro atoms. The van der Waals surface area contributed by atoms with Crippen LogP contribution in [0.3, 0.4) is 0 Å². The van der Waals surface area contributed by atoms with E-state index >= 15 is 0 Å². The van der Waals surface area contributed by atoms with Crippen LogP contribution in [0.1, 0.15) is 26.5 Å². The lowest BCUT2D eigenvalue weighted by Crippen LogP contribution is -2.59. The SMILES string of the molecule is CNC(=O)N1CC(Nc2cc(C(C)(C)C)ncn2)C1. The predicted octanol–water partition coefficient (Wildman–Crippen LogP) is 1.21. The molecule has 1 aromatic rings. The molecule has 0 unspecified atom stereocenters. The van der Waals surface area contributed by atoms with Gasteiger partial charge in [-0.25, -0.2) is 14.8 Å². The van der Waals surface area contributed by atoms with Gasteiger partial charge in [-0.15, -0.1) is 0 Å². The molecule has 1 fully saturated rings. The topological polar surface area (TPSA) is 70.2 Å². The number of rotatable bonds is 2. The van der Waals surface area contributed by atoms with Gasteiger partial charge in [0.15, 0.2) is 0 Å². The van der Waals surface area contributed by atoms with Crippen molar-refractivity contribution in [2.45, 2.75) is 32.2 Å². The molecule has 2 amide bonds. The van der Waals surface area contributed by atoms with Crippen molar-refractivity contribution in [3.8, 4) is 0 Å². The lowest BCUT2D eigenvalue weighted by atomic mass is 9.92. The molecule has 19 heavy (non-hydrogen) atoms. The van der Waals surface area contributed by atoms with E-state index in [1.54, 1.807) is 18.3 Å². The van der Waals surface area contributed by atoms with Crippen LogP contribution in [0.2, 0.25) is 0 Å². The van der Waals surface area contributed by atoms with Crippen molar-refractivity contribution in [3.05, 3.63) is 18.1 Å². The van der Waals surface area contributed by atoms with Crippen molar-refractivity contribution in [3.63, 3.8) is 0 Å². The molecule has 1 saturated heterocycles. The summed E-state index contributed by atoms with van der Waals surface area (Å²) in [4.78, 5) is 21.6. The number of nitrogens with zero attached hydrogens (tertiary/aromatic N) is 3. The Labute approximate surface area is 113 Å². The average molecular weight is 263 g/mol. The molecule has 2 heterocycles. The van der Waals surface area contributed by atoms with Crippen LogP contribution in [0.15, 0.2) is 12.4 Å². The molecular weight excluding hydrogens is 242 g/mol. The summed E-state index contributed by atoms with van der Waals surface area (Å²) in [5.41, 5.74) is 1.01. The highest BCUT2D eigenvalue weighted by atomic mass is 16.2. The Balaban J connectivity index is 1.93. The lowest BCUT2D eigenvalue weighted by Gasteiger charge is -2.39. The molecule has 1 aliphatic rings. The number of likely N-dealkylation sites (tertiary alicyclic amines) is 1. The van der Waals surface area contributed by atoms with Gasteiger partial charge < -0.3 is 15.5 Å². The van der Waals surface area contributed by atoms with Crippen LogP contribution in [0, 0.1) is 0 Å². The summed E-state index contributed by atoms with van der Waals surface area (Å²) in [6.07, 6.45) is 1.58.